The maximum atomic E-state index is 13.4. The number of hydrogen-bond acceptors (Lipinski definition) is 12. The Bertz CT molecular complexity index is 2790. The highest BCUT2D eigenvalue weighted by Crippen LogP contribution is 2.32. The van der Waals surface area contributed by atoms with Crippen LogP contribution in [0.15, 0.2) is 111 Å². The molecule has 0 aromatic heterocycles. The monoisotopic (exact) mass is 1020 g/mol. The lowest BCUT2D eigenvalue weighted by atomic mass is 10.1. The molecule has 0 bridgehead atoms. The Morgan fingerprint density at radius 3 is 1.38 bits per heavy atom. The molecule has 0 heterocycles. The summed E-state index contributed by atoms with van der Waals surface area (Å²) in [5.74, 6) is -2.98. The van der Waals surface area contributed by atoms with E-state index < -0.39 is 47.3 Å². The van der Waals surface area contributed by atoms with Crippen molar-refractivity contribution >= 4 is 127 Å². The van der Waals surface area contributed by atoms with Gasteiger partial charge in [-0.15, -0.1) is 34.8 Å². The molecule has 5 rings (SSSR count). The number of halogens is 5. The largest absolute Gasteiger partial charge is 0.492 e. The van der Waals surface area contributed by atoms with Gasteiger partial charge >= 0.3 is 0 Å². The normalized spacial score (nSPS) is 12.0. The van der Waals surface area contributed by atoms with Gasteiger partial charge in [-0.2, -0.15) is 20.5 Å². The van der Waals surface area contributed by atoms with Crippen molar-refractivity contribution in [3.05, 3.63) is 129 Å². The first-order valence-corrected chi connectivity index (χ1v) is 22.9. The third-order valence-corrected chi connectivity index (χ3v) is 11.1. The molecule has 68 heavy (non-hydrogen) atoms. The Kier molecular flexibility index (Phi) is 19.4. The summed E-state index contributed by atoms with van der Waals surface area (Å²) < 4.78 is 11.3. The van der Waals surface area contributed by atoms with Gasteiger partial charge in [0.25, 0.3) is 23.6 Å². The number of ether oxygens (including phenoxy) is 2. The van der Waals surface area contributed by atoms with Crippen LogP contribution in [0.4, 0.5) is 34.1 Å². The van der Waals surface area contributed by atoms with Gasteiger partial charge in [0.2, 0.25) is 12.1 Å². The molecule has 4 amide bonds. The van der Waals surface area contributed by atoms with Crippen molar-refractivity contribution in [2.45, 2.75) is 57.4 Å². The van der Waals surface area contributed by atoms with Gasteiger partial charge < -0.3 is 30.7 Å². The minimum Gasteiger partial charge on any atom is -0.492 e. The number of hydrogen-bond donors (Lipinski definition) is 4. The van der Waals surface area contributed by atoms with Crippen LogP contribution in [0.1, 0.15) is 65.1 Å². The number of carbonyl (C=O) groups is 6. The number of carbonyl (C=O) groups excluding carboxylic acids is 6. The molecule has 0 saturated carbocycles. The third kappa shape index (κ3) is 14.1. The highest BCUT2D eigenvalue weighted by Gasteiger charge is 2.26. The van der Waals surface area contributed by atoms with Gasteiger partial charge in [0.05, 0.1) is 57.1 Å². The molecular weight excluding hydrogens is 982 g/mol. The number of amides is 4. The molecule has 5 aromatic carbocycles. The second-order valence-electron chi connectivity index (χ2n) is 14.5. The van der Waals surface area contributed by atoms with E-state index in [-0.39, 0.29) is 61.6 Å². The van der Waals surface area contributed by atoms with Crippen molar-refractivity contribution in [1.29, 1.82) is 0 Å². The Balaban J connectivity index is 1.26. The summed E-state index contributed by atoms with van der Waals surface area (Å²) in [7, 11) is 0. The molecule has 0 saturated heterocycles. The number of nitrogens with zero attached hydrogens (tertiary/aromatic N) is 4. The fourth-order valence-corrected chi connectivity index (χ4v) is 7.10. The molecule has 21 heteroatoms. The average Bonchev–Trinajstić information content (AvgIpc) is 3.31. The first-order valence-electron chi connectivity index (χ1n) is 20.6. The Morgan fingerprint density at radius 1 is 0.529 bits per heavy atom. The Hall–Kier alpha value is -6.43. The van der Waals surface area contributed by atoms with Gasteiger partial charge in [-0.3, -0.25) is 28.8 Å². The first-order chi connectivity index (χ1) is 32.6. The van der Waals surface area contributed by atoms with Crippen molar-refractivity contribution < 1.29 is 38.2 Å². The zero-order chi connectivity index (χ0) is 49.5. The SMILES string of the molecule is CCOc1cc(CCl)ccc1NC(=O)c1cc(N=NC(C(C)=O)C(=O)Nc2ccc(NC(=O)C(N=Nc3ccc(Cl)c(C(=O)Nc4ccc(CCl)cc4OCC)c3)C(C)=O)c(CCl)c2)ccc1Cl. The van der Waals surface area contributed by atoms with E-state index in [4.69, 9.17) is 67.5 Å². The molecule has 5 aromatic rings. The van der Waals surface area contributed by atoms with E-state index in [0.29, 0.717) is 41.7 Å². The summed E-state index contributed by atoms with van der Waals surface area (Å²) in [5.41, 5.74) is 3.36. The zero-order valence-corrected chi connectivity index (χ0v) is 40.6. The topological polar surface area (TPSA) is 218 Å². The molecule has 0 fully saturated rings. The molecular formula is C47H43Cl5N8O8. The summed E-state index contributed by atoms with van der Waals surface area (Å²) in [6.07, 6.45) is 0. The van der Waals surface area contributed by atoms with E-state index in [1.54, 1.807) is 50.2 Å². The van der Waals surface area contributed by atoms with Crippen LogP contribution in [-0.4, -0.2) is 60.5 Å². The second-order valence-corrected chi connectivity index (χ2v) is 16.1. The molecule has 0 radical (unpaired) electrons. The summed E-state index contributed by atoms with van der Waals surface area (Å²) >= 11 is 30.9. The molecule has 0 aliphatic heterocycles. The van der Waals surface area contributed by atoms with Gasteiger partial charge in [0, 0.05) is 29.0 Å². The smallest absolute Gasteiger partial charge is 0.258 e. The Morgan fingerprint density at radius 2 is 0.971 bits per heavy atom. The van der Waals surface area contributed by atoms with Crippen LogP contribution in [0.2, 0.25) is 10.0 Å². The lowest BCUT2D eigenvalue weighted by Gasteiger charge is -2.15. The maximum absolute atomic E-state index is 13.4. The summed E-state index contributed by atoms with van der Waals surface area (Å²) in [6, 6.07) is 19.7. The molecule has 2 unspecified atom stereocenters. The van der Waals surface area contributed by atoms with Crippen LogP contribution in [0.5, 0.6) is 11.5 Å². The molecule has 0 aliphatic carbocycles. The van der Waals surface area contributed by atoms with Crippen LogP contribution in [0.3, 0.4) is 0 Å². The maximum Gasteiger partial charge on any atom is 0.258 e. The number of ketones is 2. The van der Waals surface area contributed by atoms with Crippen LogP contribution in [0, 0.1) is 0 Å². The predicted octanol–water partition coefficient (Wildman–Crippen LogP) is 11.9. The summed E-state index contributed by atoms with van der Waals surface area (Å²) in [6.45, 7) is 6.60. The van der Waals surface area contributed by atoms with Crippen LogP contribution in [-0.2, 0) is 36.8 Å². The first kappa shape index (κ1) is 52.5. The fraction of sp³-hybridized carbons (Fsp3) is 0.234. The van der Waals surface area contributed by atoms with E-state index in [2.05, 4.69) is 41.7 Å². The minimum absolute atomic E-state index is 0.0350. The molecule has 354 valence electrons. The van der Waals surface area contributed by atoms with Gasteiger partial charge in [-0.05, 0) is 123 Å². The molecule has 16 nitrogen and oxygen atoms in total. The van der Waals surface area contributed by atoms with Gasteiger partial charge in [0.15, 0.2) is 11.6 Å². The zero-order valence-electron chi connectivity index (χ0n) is 36.8. The van der Waals surface area contributed by atoms with Crippen LogP contribution >= 0.6 is 58.0 Å². The van der Waals surface area contributed by atoms with Gasteiger partial charge in [-0.1, -0.05) is 35.3 Å². The van der Waals surface area contributed by atoms with Gasteiger partial charge in [0.1, 0.15) is 11.5 Å². The number of alkyl halides is 3. The van der Waals surface area contributed by atoms with Crippen molar-refractivity contribution in [1.82, 2.24) is 0 Å². The fourth-order valence-electron chi connectivity index (χ4n) is 6.14. The van der Waals surface area contributed by atoms with Crippen molar-refractivity contribution in [3.63, 3.8) is 0 Å². The lowest BCUT2D eigenvalue weighted by molar-refractivity contribution is -0.127. The quantitative estimate of drug-likeness (QED) is 0.0314. The van der Waals surface area contributed by atoms with Crippen LogP contribution < -0.4 is 30.7 Å². The van der Waals surface area contributed by atoms with E-state index in [1.165, 1.54) is 54.6 Å². The lowest BCUT2D eigenvalue weighted by Crippen LogP contribution is -2.32. The van der Waals surface area contributed by atoms with Crippen molar-refractivity contribution in [2.24, 2.45) is 20.5 Å². The van der Waals surface area contributed by atoms with E-state index in [9.17, 15) is 28.8 Å². The second kappa shape index (κ2) is 25.1. The van der Waals surface area contributed by atoms with Gasteiger partial charge in [-0.25, -0.2) is 0 Å². The number of anilines is 4. The number of benzene rings is 5. The molecule has 4 N–H and O–H groups in total. The van der Waals surface area contributed by atoms with E-state index in [0.717, 1.165) is 25.0 Å². The predicted molar refractivity (Wildman–Crippen MR) is 264 cm³/mol. The van der Waals surface area contributed by atoms with E-state index in [1.807, 2.05) is 0 Å². The molecule has 0 spiro atoms. The standard InChI is InChI=1S/C47H43Cl5N8O8/c1-5-67-40-17-27(22-48)7-14-38(40)55-44(63)33-20-31(9-12-35(33)51)57-59-42(25(3)61)46(65)53-30-11-16-37(29(19-30)24-50)54-47(66)43(26(4)62)60-58-32-10-13-36(52)34(21-32)45(64)56-39-15-8-28(23-49)18-41(39)68-6-2/h7-21,42-43H,5-6,22-24H2,1-4H3,(H,53,65)(H,54,66)(H,55,63)(H,56,64). The van der Waals surface area contributed by atoms with Crippen molar-refractivity contribution in [2.75, 3.05) is 34.5 Å². The molecule has 2 atom stereocenters. The number of nitrogens with one attached hydrogen (secondary N) is 4. The average molecular weight is 1030 g/mol. The number of rotatable bonds is 21. The van der Waals surface area contributed by atoms with Crippen LogP contribution in [0.25, 0.3) is 0 Å². The summed E-state index contributed by atoms with van der Waals surface area (Å²) in [4.78, 5) is 78.7. The highest BCUT2D eigenvalue weighted by atomic mass is 35.5. The summed E-state index contributed by atoms with van der Waals surface area (Å²) in [5, 5.41) is 27.0. The highest BCUT2D eigenvalue weighted by molar-refractivity contribution is 6.35. The Labute approximate surface area is 416 Å². The number of azo groups is 2. The third-order valence-electron chi connectivity index (χ3n) is 9.50. The van der Waals surface area contributed by atoms with Crippen molar-refractivity contribution in [3.8, 4) is 11.5 Å². The number of Topliss-reactive ketones (excluding diaryl/α,β-unsaturated/α-hetero) is 2. The minimum atomic E-state index is -1.62. The molecule has 0 aliphatic rings. The van der Waals surface area contributed by atoms with E-state index >= 15 is 0 Å².